The van der Waals surface area contributed by atoms with Gasteiger partial charge in [0.25, 0.3) is 5.91 Å². The molecule has 1 aromatic carbocycles. The van der Waals surface area contributed by atoms with Crippen molar-refractivity contribution in [1.29, 1.82) is 0 Å². The quantitative estimate of drug-likeness (QED) is 0.808. The standard InChI is InChI=1S/C14H15Br2NO3/c1-14(13(19)20)6-2-3-11(14)17-12(18)9-7-8(15)4-5-10(9)16/h4-5,7,11H,2-3,6H2,1H3,(H,17,18)(H,19,20). The fraction of sp³-hybridized carbons (Fsp3) is 0.429. The van der Waals surface area contributed by atoms with Gasteiger partial charge in [-0.1, -0.05) is 22.4 Å². The summed E-state index contributed by atoms with van der Waals surface area (Å²) in [6.45, 7) is 1.70. The number of carbonyl (C=O) groups excluding carboxylic acids is 1. The Labute approximate surface area is 134 Å². The smallest absolute Gasteiger partial charge is 0.311 e. The van der Waals surface area contributed by atoms with Gasteiger partial charge in [0.1, 0.15) is 0 Å². The maximum Gasteiger partial charge on any atom is 0.311 e. The molecule has 0 heterocycles. The van der Waals surface area contributed by atoms with E-state index in [1.807, 2.05) is 6.07 Å². The molecule has 0 bridgehead atoms. The first-order valence-electron chi connectivity index (χ1n) is 6.34. The Kier molecular flexibility index (Phi) is 4.54. The predicted octanol–water partition coefficient (Wildman–Crippen LogP) is 3.58. The van der Waals surface area contributed by atoms with Crippen LogP contribution in [0.1, 0.15) is 36.5 Å². The van der Waals surface area contributed by atoms with Crippen molar-refractivity contribution in [2.75, 3.05) is 0 Å². The lowest BCUT2D eigenvalue weighted by atomic mass is 9.85. The fourth-order valence-electron chi connectivity index (χ4n) is 2.56. The Morgan fingerprint density at radius 3 is 2.75 bits per heavy atom. The van der Waals surface area contributed by atoms with Crippen molar-refractivity contribution in [2.24, 2.45) is 5.41 Å². The van der Waals surface area contributed by atoms with E-state index in [0.29, 0.717) is 22.9 Å². The van der Waals surface area contributed by atoms with Crippen LogP contribution in [-0.4, -0.2) is 23.0 Å². The minimum atomic E-state index is -0.881. The second-order valence-electron chi connectivity index (χ2n) is 5.27. The monoisotopic (exact) mass is 403 g/mol. The molecule has 20 heavy (non-hydrogen) atoms. The van der Waals surface area contributed by atoms with E-state index >= 15 is 0 Å². The topological polar surface area (TPSA) is 66.4 Å². The zero-order valence-electron chi connectivity index (χ0n) is 11.0. The van der Waals surface area contributed by atoms with Crippen molar-refractivity contribution in [2.45, 2.75) is 32.2 Å². The lowest BCUT2D eigenvalue weighted by Crippen LogP contribution is -2.47. The maximum atomic E-state index is 12.3. The molecule has 0 aromatic heterocycles. The van der Waals surface area contributed by atoms with Crippen LogP contribution in [0.15, 0.2) is 27.1 Å². The normalized spacial score (nSPS) is 25.4. The Hall–Kier alpha value is -0.880. The summed E-state index contributed by atoms with van der Waals surface area (Å²) in [7, 11) is 0. The Bertz CT molecular complexity index is 561. The van der Waals surface area contributed by atoms with Gasteiger partial charge in [-0.25, -0.2) is 0 Å². The molecule has 4 nitrogen and oxygen atoms in total. The molecule has 1 amide bonds. The van der Waals surface area contributed by atoms with Crippen LogP contribution in [0.2, 0.25) is 0 Å². The van der Waals surface area contributed by atoms with E-state index in [2.05, 4.69) is 37.2 Å². The molecule has 108 valence electrons. The molecular formula is C14H15Br2NO3. The molecular weight excluding hydrogens is 390 g/mol. The highest BCUT2D eigenvalue weighted by molar-refractivity contribution is 9.11. The van der Waals surface area contributed by atoms with Crippen LogP contribution < -0.4 is 5.32 Å². The summed E-state index contributed by atoms with van der Waals surface area (Å²) in [4.78, 5) is 23.7. The SMILES string of the molecule is CC1(C(=O)O)CCCC1NC(=O)c1cc(Br)ccc1Br. The molecule has 1 aromatic rings. The Morgan fingerprint density at radius 1 is 1.40 bits per heavy atom. The van der Waals surface area contributed by atoms with Crippen LogP contribution in [0.25, 0.3) is 0 Å². The first-order valence-corrected chi connectivity index (χ1v) is 7.92. The van der Waals surface area contributed by atoms with Crippen LogP contribution in [0.5, 0.6) is 0 Å². The summed E-state index contributed by atoms with van der Waals surface area (Å²) in [5.41, 5.74) is -0.382. The van der Waals surface area contributed by atoms with Crippen molar-refractivity contribution in [3.63, 3.8) is 0 Å². The van der Waals surface area contributed by atoms with Crippen LogP contribution in [-0.2, 0) is 4.79 Å². The van der Waals surface area contributed by atoms with Crippen molar-refractivity contribution >= 4 is 43.7 Å². The highest BCUT2D eigenvalue weighted by atomic mass is 79.9. The number of carboxylic acid groups (broad SMARTS) is 1. The zero-order chi connectivity index (χ0) is 14.9. The number of amides is 1. The molecule has 2 N–H and O–H groups in total. The number of hydrogen-bond donors (Lipinski definition) is 2. The van der Waals surface area contributed by atoms with Crippen molar-refractivity contribution in [3.8, 4) is 0 Å². The number of rotatable bonds is 3. The zero-order valence-corrected chi connectivity index (χ0v) is 14.1. The molecule has 6 heteroatoms. The molecule has 1 aliphatic rings. The number of carboxylic acids is 1. The lowest BCUT2D eigenvalue weighted by Gasteiger charge is -2.27. The van der Waals surface area contributed by atoms with E-state index in [1.165, 1.54) is 0 Å². The molecule has 0 radical (unpaired) electrons. The third-order valence-corrected chi connectivity index (χ3v) is 5.11. The molecule has 0 saturated heterocycles. The van der Waals surface area contributed by atoms with Crippen molar-refractivity contribution < 1.29 is 14.7 Å². The second-order valence-corrected chi connectivity index (χ2v) is 7.04. The Morgan fingerprint density at radius 2 is 2.10 bits per heavy atom. The molecule has 1 saturated carbocycles. The second kappa shape index (κ2) is 5.85. The lowest BCUT2D eigenvalue weighted by molar-refractivity contribution is -0.148. The van der Waals surface area contributed by atoms with Gasteiger partial charge < -0.3 is 10.4 Å². The minimum absolute atomic E-state index is 0.252. The van der Waals surface area contributed by atoms with Crippen molar-refractivity contribution in [3.05, 3.63) is 32.7 Å². The highest BCUT2D eigenvalue weighted by Gasteiger charge is 2.46. The van der Waals surface area contributed by atoms with E-state index in [9.17, 15) is 14.7 Å². The summed E-state index contributed by atoms with van der Waals surface area (Å²) in [6.07, 6.45) is 2.10. The van der Waals surface area contributed by atoms with Gasteiger partial charge in [0.2, 0.25) is 0 Å². The van der Waals surface area contributed by atoms with Gasteiger partial charge in [-0.05, 0) is 53.9 Å². The van der Waals surface area contributed by atoms with E-state index in [0.717, 1.165) is 10.9 Å². The fourth-order valence-corrected chi connectivity index (χ4v) is 3.35. The summed E-state index contributed by atoms with van der Waals surface area (Å²) in [6, 6.07) is 4.99. The van der Waals surface area contributed by atoms with Crippen LogP contribution in [0, 0.1) is 5.41 Å². The first kappa shape index (κ1) is 15.5. The maximum absolute atomic E-state index is 12.3. The summed E-state index contributed by atoms with van der Waals surface area (Å²) in [5, 5.41) is 12.2. The number of halogens is 2. The molecule has 2 unspecified atom stereocenters. The molecule has 2 rings (SSSR count). The van der Waals surface area contributed by atoms with Crippen LogP contribution in [0.4, 0.5) is 0 Å². The van der Waals surface area contributed by atoms with E-state index < -0.39 is 11.4 Å². The molecule has 0 aliphatic heterocycles. The molecule has 1 aliphatic carbocycles. The molecule has 2 atom stereocenters. The molecule has 1 fully saturated rings. The van der Waals surface area contributed by atoms with Gasteiger partial charge in [-0.15, -0.1) is 0 Å². The summed E-state index contributed by atoms with van der Waals surface area (Å²) >= 11 is 6.67. The van der Waals surface area contributed by atoms with Crippen LogP contribution in [0.3, 0.4) is 0 Å². The number of benzene rings is 1. The third-order valence-electron chi connectivity index (χ3n) is 3.92. The van der Waals surface area contributed by atoms with Gasteiger partial charge in [0, 0.05) is 15.0 Å². The van der Waals surface area contributed by atoms with Gasteiger partial charge in [0.05, 0.1) is 11.0 Å². The summed E-state index contributed by atoms with van der Waals surface area (Å²) in [5.74, 6) is -1.11. The largest absolute Gasteiger partial charge is 0.481 e. The van der Waals surface area contributed by atoms with E-state index in [4.69, 9.17) is 0 Å². The highest BCUT2D eigenvalue weighted by Crippen LogP contribution is 2.38. The van der Waals surface area contributed by atoms with E-state index in [1.54, 1.807) is 19.1 Å². The average Bonchev–Trinajstić information content (AvgIpc) is 2.75. The Balaban J connectivity index is 2.19. The number of nitrogens with one attached hydrogen (secondary N) is 1. The van der Waals surface area contributed by atoms with Gasteiger partial charge in [-0.3, -0.25) is 9.59 Å². The first-order chi connectivity index (χ1) is 9.34. The minimum Gasteiger partial charge on any atom is -0.481 e. The average molecular weight is 405 g/mol. The van der Waals surface area contributed by atoms with E-state index in [-0.39, 0.29) is 11.9 Å². The number of carbonyl (C=O) groups is 2. The van der Waals surface area contributed by atoms with Gasteiger partial charge in [0.15, 0.2) is 0 Å². The van der Waals surface area contributed by atoms with Gasteiger partial charge >= 0.3 is 5.97 Å². The number of aliphatic carboxylic acids is 1. The third kappa shape index (κ3) is 2.91. The number of hydrogen-bond acceptors (Lipinski definition) is 2. The van der Waals surface area contributed by atoms with Crippen molar-refractivity contribution in [1.82, 2.24) is 5.32 Å². The predicted molar refractivity (Wildman–Crippen MR) is 82.7 cm³/mol. The molecule has 0 spiro atoms. The van der Waals surface area contributed by atoms with Gasteiger partial charge in [-0.2, -0.15) is 0 Å². The van der Waals surface area contributed by atoms with Crippen LogP contribution >= 0.6 is 31.9 Å². The summed E-state index contributed by atoms with van der Waals surface area (Å²) < 4.78 is 1.49.